The minimum atomic E-state index is -0.756. The van der Waals surface area contributed by atoms with E-state index in [0.717, 1.165) is 12.0 Å². The van der Waals surface area contributed by atoms with Gasteiger partial charge in [-0.05, 0) is 24.1 Å². The summed E-state index contributed by atoms with van der Waals surface area (Å²) in [4.78, 5) is 26.6. The summed E-state index contributed by atoms with van der Waals surface area (Å²) >= 11 is 0. The molecule has 0 saturated heterocycles. The first-order valence-electron chi connectivity index (χ1n) is 8.55. The summed E-state index contributed by atoms with van der Waals surface area (Å²) in [6.07, 6.45) is -0.00584. The van der Waals surface area contributed by atoms with Gasteiger partial charge in [-0.1, -0.05) is 19.1 Å². The molecule has 8 heteroatoms. The molecule has 1 atom stereocenters. The number of β-amino-alcohol motifs (C(OH)–C–C–N with tert-alkyl or cyclic N) is 1. The Labute approximate surface area is 150 Å². The van der Waals surface area contributed by atoms with Crippen LogP contribution in [0.5, 0.6) is 0 Å². The Bertz CT molecular complexity index is 803. The van der Waals surface area contributed by atoms with Crippen LogP contribution in [0.2, 0.25) is 0 Å². The molecule has 1 aliphatic rings. The molecule has 0 radical (unpaired) electrons. The van der Waals surface area contributed by atoms with Crippen LogP contribution in [0.1, 0.15) is 39.9 Å². The molecule has 2 aromatic rings. The summed E-state index contributed by atoms with van der Waals surface area (Å²) < 4.78 is 14.4. The van der Waals surface area contributed by atoms with Crippen molar-refractivity contribution >= 4 is 11.8 Å². The van der Waals surface area contributed by atoms with Crippen molar-refractivity contribution in [3.63, 3.8) is 0 Å². The van der Waals surface area contributed by atoms with E-state index in [1.54, 1.807) is 17.0 Å². The molecule has 2 amide bonds. The minimum absolute atomic E-state index is 0.146. The Kier molecular flexibility index (Phi) is 5.32. The molecule has 138 valence electrons. The summed E-state index contributed by atoms with van der Waals surface area (Å²) in [6.45, 7) is 3.08. The van der Waals surface area contributed by atoms with Crippen LogP contribution >= 0.6 is 0 Å². The number of nitrogens with zero attached hydrogens (tertiary/aromatic N) is 3. The third kappa shape index (κ3) is 3.91. The van der Waals surface area contributed by atoms with Gasteiger partial charge in [-0.25, -0.2) is 4.39 Å². The van der Waals surface area contributed by atoms with Crippen molar-refractivity contribution in [3.8, 4) is 0 Å². The van der Waals surface area contributed by atoms with Crippen LogP contribution in [0, 0.1) is 5.82 Å². The lowest BCUT2D eigenvalue weighted by atomic mass is 10.2. The number of benzene rings is 1. The van der Waals surface area contributed by atoms with E-state index in [1.807, 2.05) is 6.92 Å². The monoisotopic (exact) mass is 360 g/mol. The number of carbonyl (C=O) groups excluding carboxylic acids is 2. The van der Waals surface area contributed by atoms with Crippen LogP contribution in [0.25, 0.3) is 0 Å². The lowest BCUT2D eigenvalue weighted by Gasteiger charge is -2.21. The second-order valence-electron chi connectivity index (χ2n) is 6.31. The molecule has 7 nitrogen and oxygen atoms in total. The average Bonchev–Trinajstić information content (AvgIpc) is 2.99. The first kappa shape index (κ1) is 18.1. The van der Waals surface area contributed by atoms with Crippen LogP contribution < -0.4 is 5.32 Å². The predicted molar refractivity (Wildman–Crippen MR) is 92.0 cm³/mol. The van der Waals surface area contributed by atoms with Gasteiger partial charge < -0.3 is 15.3 Å². The Hall–Kier alpha value is -2.74. The van der Waals surface area contributed by atoms with E-state index in [1.165, 1.54) is 22.9 Å². The molecular weight excluding hydrogens is 339 g/mol. The van der Waals surface area contributed by atoms with E-state index in [0.29, 0.717) is 13.1 Å². The Morgan fingerprint density at radius 2 is 2.15 bits per heavy atom. The van der Waals surface area contributed by atoms with Gasteiger partial charge in [-0.3, -0.25) is 14.3 Å². The Balaban J connectivity index is 1.83. The third-order valence-electron chi connectivity index (χ3n) is 4.18. The maximum Gasteiger partial charge on any atom is 0.274 e. The van der Waals surface area contributed by atoms with E-state index in [4.69, 9.17) is 0 Å². The fourth-order valence-corrected chi connectivity index (χ4v) is 2.90. The largest absolute Gasteiger partial charge is 0.389 e. The minimum Gasteiger partial charge on any atom is -0.389 e. The predicted octanol–water partition coefficient (Wildman–Crippen LogP) is 1.18. The quantitative estimate of drug-likeness (QED) is 0.838. The summed E-state index contributed by atoms with van der Waals surface area (Å²) in [6, 6.07) is 7.43. The number of hydrogen-bond acceptors (Lipinski definition) is 4. The molecule has 26 heavy (non-hydrogen) atoms. The van der Waals surface area contributed by atoms with Crippen molar-refractivity contribution in [1.29, 1.82) is 0 Å². The highest BCUT2D eigenvalue weighted by atomic mass is 19.1. The number of rotatable bonds is 5. The molecule has 2 N–H and O–H groups in total. The zero-order valence-corrected chi connectivity index (χ0v) is 14.5. The summed E-state index contributed by atoms with van der Waals surface area (Å²) in [5, 5.41) is 16.6. The standard InChI is InChI=1S/C18H21FN4O3/c1-2-7-22(10-12-3-5-13(19)6-4-12)18(26)15-8-16-17(25)20-9-14(24)11-23(16)21-15/h3-6,8,14,24H,2,7,9-11H2,1H3,(H,20,25)/t14-/m0/s1. The van der Waals surface area contributed by atoms with Crippen molar-refractivity contribution < 1.29 is 19.1 Å². The second-order valence-corrected chi connectivity index (χ2v) is 6.31. The van der Waals surface area contributed by atoms with Crippen LogP contribution in [-0.2, 0) is 13.1 Å². The molecule has 0 spiro atoms. The molecule has 0 unspecified atom stereocenters. The van der Waals surface area contributed by atoms with Crippen LogP contribution in [-0.4, -0.2) is 50.8 Å². The summed E-state index contributed by atoms with van der Waals surface area (Å²) in [5.74, 6) is -1.00. The molecule has 0 saturated carbocycles. The van der Waals surface area contributed by atoms with Crippen molar-refractivity contribution in [3.05, 3.63) is 53.1 Å². The molecular formula is C18H21FN4O3. The molecule has 0 aliphatic carbocycles. The van der Waals surface area contributed by atoms with Gasteiger partial charge in [0.25, 0.3) is 11.8 Å². The molecule has 1 aromatic carbocycles. The van der Waals surface area contributed by atoms with Crippen molar-refractivity contribution in [2.75, 3.05) is 13.1 Å². The number of aliphatic hydroxyl groups excluding tert-OH is 1. The van der Waals surface area contributed by atoms with Gasteiger partial charge in [0.05, 0.1) is 12.6 Å². The maximum absolute atomic E-state index is 13.1. The summed E-state index contributed by atoms with van der Waals surface area (Å²) in [7, 11) is 0. The highest BCUT2D eigenvalue weighted by Gasteiger charge is 2.26. The SMILES string of the molecule is CCCN(Cc1ccc(F)cc1)C(=O)c1cc2n(n1)C[C@@H](O)CNC2=O. The maximum atomic E-state index is 13.1. The lowest BCUT2D eigenvalue weighted by molar-refractivity contribution is 0.0735. The lowest BCUT2D eigenvalue weighted by Crippen LogP contribution is -2.32. The molecule has 2 heterocycles. The number of aliphatic hydroxyl groups is 1. The van der Waals surface area contributed by atoms with Gasteiger partial charge in [0.1, 0.15) is 11.5 Å². The van der Waals surface area contributed by atoms with E-state index in [9.17, 15) is 19.1 Å². The van der Waals surface area contributed by atoms with Gasteiger partial charge >= 0.3 is 0 Å². The number of amides is 2. The van der Waals surface area contributed by atoms with Crippen LogP contribution in [0.3, 0.4) is 0 Å². The van der Waals surface area contributed by atoms with Crippen molar-refractivity contribution in [1.82, 2.24) is 20.0 Å². The first-order chi connectivity index (χ1) is 12.5. The van der Waals surface area contributed by atoms with E-state index in [-0.39, 0.29) is 42.1 Å². The number of fused-ring (bicyclic) bond motifs is 1. The Morgan fingerprint density at radius 1 is 1.42 bits per heavy atom. The molecule has 0 fully saturated rings. The highest BCUT2D eigenvalue weighted by molar-refractivity contribution is 5.98. The first-order valence-corrected chi connectivity index (χ1v) is 8.55. The van der Waals surface area contributed by atoms with Gasteiger partial charge in [0, 0.05) is 25.7 Å². The van der Waals surface area contributed by atoms with Crippen molar-refractivity contribution in [2.24, 2.45) is 0 Å². The average molecular weight is 360 g/mol. The molecule has 3 rings (SSSR count). The van der Waals surface area contributed by atoms with Gasteiger partial charge in [0.15, 0.2) is 5.69 Å². The fourth-order valence-electron chi connectivity index (χ4n) is 2.90. The van der Waals surface area contributed by atoms with E-state index >= 15 is 0 Å². The van der Waals surface area contributed by atoms with Crippen LogP contribution in [0.4, 0.5) is 4.39 Å². The Morgan fingerprint density at radius 3 is 2.85 bits per heavy atom. The number of carbonyl (C=O) groups is 2. The number of nitrogens with one attached hydrogen (secondary N) is 1. The topological polar surface area (TPSA) is 87.5 Å². The number of halogens is 1. The van der Waals surface area contributed by atoms with Gasteiger partial charge in [-0.2, -0.15) is 5.10 Å². The highest BCUT2D eigenvalue weighted by Crippen LogP contribution is 2.14. The summed E-state index contributed by atoms with van der Waals surface area (Å²) in [5.41, 5.74) is 1.21. The van der Waals surface area contributed by atoms with E-state index in [2.05, 4.69) is 10.4 Å². The second kappa shape index (κ2) is 7.65. The normalized spacial score (nSPS) is 16.6. The third-order valence-corrected chi connectivity index (χ3v) is 4.18. The van der Waals surface area contributed by atoms with Crippen molar-refractivity contribution in [2.45, 2.75) is 32.5 Å². The molecule has 1 aromatic heterocycles. The van der Waals surface area contributed by atoms with Gasteiger partial charge in [-0.15, -0.1) is 0 Å². The molecule has 0 bridgehead atoms. The number of aromatic nitrogens is 2. The smallest absolute Gasteiger partial charge is 0.274 e. The zero-order chi connectivity index (χ0) is 18.7. The van der Waals surface area contributed by atoms with E-state index < -0.39 is 6.10 Å². The fraction of sp³-hybridized carbons (Fsp3) is 0.389. The molecule has 1 aliphatic heterocycles. The number of hydrogen-bond donors (Lipinski definition) is 2. The van der Waals surface area contributed by atoms with Crippen LogP contribution in [0.15, 0.2) is 30.3 Å². The zero-order valence-electron chi connectivity index (χ0n) is 14.5. The van der Waals surface area contributed by atoms with Gasteiger partial charge in [0.2, 0.25) is 0 Å².